The van der Waals surface area contributed by atoms with Crippen molar-refractivity contribution in [1.82, 2.24) is 9.55 Å². The fraction of sp³-hybridized carbons (Fsp3) is 0.429. The van der Waals surface area contributed by atoms with Gasteiger partial charge in [0.25, 0.3) is 0 Å². The standard InChI is InChI=1S/C14H16N2O2/c1-14(7-3-2-4-11(14)13(17)18)16-8-12(15-9-16)10-5-6-10/h2-4,7-11H,5-6H2,1H3,(H,17,18). The summed E-state index contributed by atoms with van der Waals surface area (Å²) in [6, 6.07) is 0. The van der Waals surface area contributed by atoms with E-state index in [-0.39, 0.29) is 0 Å². The van der Waals surface area contributed by atoms with Crippen molar-refractivity contribution in [2.24, 2.45) is 5.92 Å². The SMILES string of the molecule is CC1(n2cnc(C3CC3)c2)C=CC=CC1C(=O)O. The maximum atomic E-state index is 11.4. The van der Waals surface area contributed by atoms with E-state index in [1.807, 2.05) is 29.8 Å². The number of nitrogens with zero attached hydrogens (tertiary/aromatic N) is 2. The highest BCUT2D eigenvalue weighted by atomic mass is 16.4. The molecule has 94 valence electrons. The molecule has 1 aromatic rings. The van der Waals surface area contributed by atoms with Crippen LogP contribution in [0.1, 0.15) is 31.4 Å². The van der Waals surface area contributed by atoms with Crippen molar-refractivity contribution in [2.75, 3.05) is 0 Å². The zero-order chi connectivity index (χ0) is 12.8. The zero-order valence-corrected chi connectivity index (χ0v) is 10.3. The minimum atomic E-state index is -0.806. The quantitative estimate of drug-likeness (QED) is 0.887. The number of hydrogen-bond acceptors (Lipinski definition) is 2. The van der Waals surface area contributed by atoms with Crippen LogP contribution in [0.3, 0.4) is 0 Å². The van der Waals surface area contributed by atoms with Crippen molar-refractivity contribution < 1.29 is 9.90 Å². The number of aromatic nitrogens is 2. The van der Waals surface area contributed by atoms with Gasteiger partial charge in [0.05, 0.1) is 17.6 Å². The van der Waals surface area contributed by atoms with E-state index in [9.17, 15) is 9.90 Å². The number of imidazole rings is 1. The number of allylic oxidation sites excluding steroid dienone is 3. The second-order valence-electron chi connectivity index (χ2n) is 5.27. The van der Waals surface area contributed by atoms with E-state index in [0.717, 1.165) is 5.69 Å². The van der Waals surface area contributed by atoms with Crippen molar-refractivity contribution >= 4 is 5.97 Å². The molecule has 0 spiro atoms. The molecule has 2 aliphatic rings. The summed E-state index contributed by atoms with van der Waals surface area (Å²) in [5, 5.41) is 9.34. The molecule has 0 saturated heterocycles. The van der Waals surface area contributed by atoms with Crippen molar-refractivity contribution in [3.8, 4) is 0 Å². The molecule has 1 N–H and O–H groups in total. The highest BCUT2D eigenvalue weighted by Crippen LogP contribution is 2.40. The topological polar surface area (TPSA) is 55.1 Å². The maximum absolute atomic E-state index is 11.4. The van der Waals surface area contributed by atoms with Gasteiger partial charge in [0.1, 0.15) is 5.92 Å². The van der Waals surface area contributed by atoms with Gasteiger partial charge >= 0.3 is 5.97 Å². The van der Waals surface area contributed by atoms with Crippen LogP contribution in [-0.4, -0.2) is 20.6 Å². The average molecular weight is 244 g/mol. The fourth-order valence-electron chi connectivity index (χ4n) is 2.49. The molecule has 3 rings (SSSR count). The summed E-state index contributed by atoms with van der Waals surface area (Å²) in [6.07, 6.45) is 13.5. The number of carboxylic acid groups (broad SMARTS) is 1. The van der Waals surface area contributed by atoms with E-state index in [1.54, 1.807) is 18.5 Å². The largest absolute Gasteiger partial charge is 0.481 e. The first kappa shape index (κ1) is 11.3. The first-order chi connectivity index (χ1) is 8.61. The molecule has 0 bridgehead atoms. The number of hydrogen-bond donors (Lipinski definition) is 1. The monoisotopic (exact) mass is 244 g/mol. The Hall–Kier alpha value is -1.84. The predicted molar refractivity (Wildman–Crippen MR) is 67.3 cm³/mol. The molecule has 1 fully saturated rings. The van der Waals surface area contributed by atoms with E-state index in [1.165, 1.54) is 12.8 Å². The summed E-state index contributed by atoms with van der Waals surface area (Å²) in [5.41, 5.74) is 0.518. The van der Waals surface area contributed by atoms with Crippen molar-refractivity contribution in [1.29, 1.82) is 0 Å². The lowest BCUT2D eigenvalue weighted by molar-refractivity contribution is -0.142. The first-order valence-corrected chi connectivity index (χ1v) is 6.24. The van der Waals surface area contributed by atoms with Crippen LogP contribution in [0.5, 0.6) is 0 Å². The minimum absolute atomic E-state index is 0.552. The molecule has 2 aliphatic carbocycles. The Labute approximate surface area is 106 Å². The van der Waals surface area contributed by atoms with Gasteiger partial charge in [-0.2, -0.15) is 0 Å². The van der Waals surface area contributed by atoms with Gasteiger partial charge in [-0.1, -0.05) is 24.3 Å². The second kappa shape index (κ2) is 3.83. The van der Waals surface area contributed by atoms with Crippen LogP contribution >= 0.6 is 0 Å². The van der Waals surface area contributed by atoms with Gasteiger partial charge in [0, 0.05) is 12.1 Å². The minimum Gasteiger partial charge on any atom is -0.481 e. The van der Waals surface area contributed by atoms with Gasteiger partial charge in [-0.15, -0.1) is 0 Å². The third-order valence-electron chi connectivity index (χ3n) is 3.90. The summed E-state index contributed by atoms with van der Waals surface area (Å²) in [7, 11) is 0. The molecule has 4 heteroatoms. The van der Waals surface area contributed by atoms with Gasteiger partial charge in [0.2, 0.25) is 0 Å². The molecule has 0 amide bonds. The molecular weight excluding hydrogens is 228 g/mol. The van der Waals surface area contributed by atoms with E-state index in [0.29, 0.717) is 5.92 Å². The molecule has 1 aromatic heterocycles. The summed E-state index contributed by atoms with van der Waals surface area (Å²) in [6.45, 7) is 1.93. The van der Waals surface area contributed by atoms with Crippen LogP contribution in [0.25, 0.3) is 0 Å². The van der Waals surface area contributed by atoms with Gasteiger partial charge < -0.3 is 9.67 Å². The Kier molecular flexibility index (Phi) is 2.40. The Morgan fingerprint density at radius 1 is 1.50 bits per heavy atom. The lowest BCUT2D eigenvalue weighted by Crippen LogP contribution is -2.40. The van der Waals surface area contributed by atoms with Crippen molar-refractivity contribution in [3.05, 3.63) is 42.5 Å². The second-order valence-corrected chi connectivity index (χ2v) is 5.27. The average Bonchev–Trinajstić information content (AvgIpc) is 3.06. The normalized spacial score (nSPS) is 30.6. The van der Waals surface area contributed by atoms with E-state index in [4.69, 9.17) is 0 Å². The highest BCUT2D eigenvalue weighted by Gasteiger charge is 2.39. The third kappa shape index (κ3) is 1.68. The Morgan fingerprint density at radius 2 is 2.28 bits per heavy atom. The smallest absolute Gasteiger partial charge is 0.313 e. The van der Waals surface area contributed by atoms with Crippen LogP contribution in [0.15, 0.2) is 36.8 Å². The molecule has 0 radical (unpaired) electrons. The van der Waals surface area contributed by atoms with Gasteiger partial charge in [-0.3, -0.25) is 4.79 Å². The zero-order valence-electron chi connectivity index (χ0n) is 10.3. The Morgan fingerprint density at radius 3 is 2.94 bits per heavy atom. The summed E-state index contributed by atoms with van der Waals surface area (Å²) >= 11 is 0. The summed E-state index contributed by atoms with van der Waals surface area (Å²) in [4.78, 5) is 15.8. The lowest BCUT2D eigenvalue weighted by Gasteiger charge is -2.33. The Bertz CT molecular complexity index is 540. The predicted octanol–water partition coefficient (Wildman–Crippen LogP) is 2.30. The lowest BCUT2D eigenvalue weighted by atomic mass is 9.82. The molecule has 2 unspecified atom stereocenters. The van der Waals surface area contributed by atoms with E-state index in [2.05, 4.69) is 4.98 Å². The van der Waals surface area contributed by atoms with Gasteiger partial charge in [0.15, 0.2) is 0 Å². The molecule has 2 atom stereocenters. The van der Waals surface area contributed by atoms with Gasteiger partial charge in [-0.05, 0) is 19.8 Å². The van der Waals surface area contributed by atoms with Gasteiger partial charge in [-0.25, -0.2) is 4.98 Å². The van der Waals surface area contributed by atoms with Crippen LogP contribution in [0.4, 0.5) is 0 Å². The first-order valence-electron chi connectivity index (χ1n) is 6.24. The van der Waals surface area contributed by atoms with E-state index >= 15 is 0 Å². The maximum Gasteiger partial charge on any atom is 0.313 e. The highest BCUT2D eigenvalue weighted by molar-refractivity contribution is 5.74. The molecule has 0 aliphatic heterocycles. The number of carbonyl (C=O) groups is 1. The van der Waals surface area contributed by atoms with Crippen LogP contribution in [-0.2, 0) is 10.3 Å². The van der Waals surface area contributed by atoms with Crippen molar-refractivity contribution in [2.45, 2.75) is 31.2 Å². The van der Waals surface area contributed by atoms with Crippen LogP contribution < -0.4 is 0 Å². The molecule has 18 heavy (non-hydrogen) atoms. The molecule has 0 aromatic carbocycles. The molecule has 4 nitrogen and oxygen atoms in total. The Balaban J connectivity index is 1.97. The molecule has 1 heterocycles. The number of rotatable bonds is 3. The number of aliphatic carboxylic acids is 1. The van der Waals surface area contributed by atoms with Crippen molar-refractivity contribution in [3.63, 3.8) is 0 Å². The molecule has 1 saturated carbocycles. The fourth-order valence-corrected chi connectivity index (χ4v) is 2.49. The summed E-state index contributed by atoms with van der Waals surface area (Å²) < 4.78 is 1.93. The third-order valence-corrected chi connectivity index (χ3v) is 3.90. The number of carboxylic acids is 1. The van der Waals surface area contributed by atoms with Crippen LogP contribution in [0, 0.1) is 5.92 Å². The van der Waals surface area contributed by atoms with Crippen LogP contribution in [0.2, 0.25) is 0 Å². The van der Waals surface area contributed by atoms with E-state index < -0.39 is 17.4 Å². The molecular formula is C14H16N2O2. The summed E-state index contributed by atoms with van der Waals surface area (Å²) in [5.74, 6) is -0.773.